The molecule has 1 aliphatic heterocycles. The fourth-order valence-corrected chi connectivity index (χ4v) is 5.02. The molecule has 0 spiro atoms. The molecule has 0 aromatic carbocycles. The highest BCUT2D eigenvalue weighted by atomic mass is 19.4. The zero-order valence-corrected chi connectivity index (χ0v) is 20.2. The summed E-state index contributed by atoms with van der Waals surface area (Å²) in [5, 5.41) is 11.6. The van der Waals surface area contributed by atoms with Gasteiger partial charge in [-0.25, -0.2) is 9.78 Å². The van der Waals surface area contributed by atoms with Crippen LogP contribution >= 0.6 is 0 Å². The highest BCUT2D eigenvalue weighted by Gasteiger charge is 2.49. The molecule has 3 fully saturated rings. The third-order valence-corrected chi connectivity index (χ3v) is 7.17. The maximum absolute atomic E-state index is 13.5. The van der Waals surface area contributed by atoms with E-state index in [9.17, 15) is 27.6 Å². The quantitative estimate of drug-likeness (QED) is 0.470. The van der Waals surface area contributed by atoms with Gasteiger partial charge in [0, 0.05) is 26.0 Å². The number of aryl methyl sites for hydroxylation is 1. The lowest BCUT2D eigenvalue weighted by molar-refractivity contribution is -0.149. The fraction of sp³-hybridized carbons (Fsp3) is 0.542. The average Bonchev–Trinajstić information content (AvgIpc) is 3.76. The van der Waals surface area contributed by atoms with E-state index in [1.165, 1.54) is 23.1 Å². The Labute approximate surface area is 211 Å². The molecule has 2 aromatic rings. The summed E-state index contributed by atoms with van der Waals surface area (Å²) in [6.45, 7) is -0.573. The summed E-state index contributed by atoms with van der Waals surface area (Å²) in [7, 11) is 1.65. The molecule has 0 unspecified atom stereocenters. The van der Waals surface area contributed by atoms with E-state index in [0.29, 0.717) is 23.1 Å². The van der Waals surface area contributed by atoms with Crippen molar-refractivity contribution in [1.82, 2.24) is 30.3 Å². The van der Waals surface area contributed by atoms with Crippen molar-refractivity contribution >= 4 is 23.7 Å². The first-order chi connectivity index (χ1) is 17.6. The Bertz CT molecular complexity index is 1180. The molecule has 2 aromatic heterocycles. The lowest BCUT2D eigenvalue weighted by Crippen LogP contribution is -2.50. The number of pyridine rings is 1. The van der Waals surface area contributed by atoms with Crippen LogP contribution in [0.1, 0.15) is 41.7 Å². The van der Waals surface area contributed by atoms with Gasteiger partial charge in [0.05, 0.1) is 6.54 Å². The molecule has 3 aliphatic rings. The number of nitrogens with zero attached hydrogens (tertiary/aromatic N) is 4. The standard InChI is InChI=1S/C24H28F3N7O3/c1-33-16(7-9-29-33)21(35)32-20(19(14-2-3-14)15-4-5-15)22(36)31-18-10-13(6-8-28-18)11-34-12-17(24(25,26)27)30-23(34)37/h6-10,14-15,17,19-20H,2-5,11-12H2,1H3,(H,30,37)(H,32,35)(H,28,31,36)/t17-,20-/m0/s1. The Morgan fingerprint density at radius 1 is 1.16 bits per heavy atom. The average molecular weight is 520 g/mol. The van der Waals surface area contributed by atoms with Crippen molar-refractivity contribution in [3.63, 3.8) is 0 Å². The molecule has 1 saturated heterocycles. The zero-order valence-electron chi connectivity index (χ0n) is 20.2. The van der Waals surface area contributed by atoms with Crippen LogP contribution < -0.4 is 16.0 Å². The highest BCUT2D eigenvalue weighted by Crippen LogP contribution is 2.50. The van der Waals surface area contributed by atoms with Crippen molar-refractivity contribution in [2.75, 3.05) is 11.9 Å². The maximum atomic E-state index is 13.5. The predicted octanol–water partition coefficient (Wildman–Crippen LogP) is 2.44. The van der Waals surface area contributed by atoms with E-state index in [4.69, 9.17) is 0 Å². The van der Waals surface area contributed by atoms with Gasteiger partial charge >= 0.3 is 12.2 Å². The van der Waals surface area contributed by atoms with Gasteiger partial charge in [-0.3, -0.25) is 14.3 Å². The zero-order chi connectivity index (χ0) is 26.3. The number of amides is 4. The number of hydrogen-bond acceptors (Lipinski definition) is 5. The third-order valence-electron chi connectivity index (χ3n) is 7.17. The van der Waals surface area contributed by atoms with E-state index in [2.05, 4.69) is 20.7 Å². The van der Waals surface area contributed by atoms with Crippen molar-refractivity contribution in [2.24, 2.45) is 24.8 Å². The first-order valence-electron chi connectivity index (χ1n) is 12.3. The summed E-state index contributed by atoms with van der Waals surface area (Å²) in [6, 6.07) is 1.17. The first kappa shape index (κ1) is 25.0. The number of carbonyl (C=O) groups is 3. The van der Waals surface area contributed by atoms with Gasteiger partial charge in [0.25, 0.3) is 5.91 Å². The highest BCUT2D eigenvalue weighted by molar-refractivity contribution is 6.00. The minimum absolute atomic E-state index is 0.00737. The predicted molar refractivity (Wildman–Crippen MR) is 125 cm³/mol. The molecule has 3 heterocycles. The van der Waals surface area contributed by atoms with Crippen LogP contribution in [0.3, 0.4) is 0 Å². The first-order valence-corrected chi connectivity index (χ1v) is 12.3. The van der Waals surface area contributed by atoms with Crippen LogP contribution in [0.15, 0.2) is 30.6 Å². The lowest BCUT2D eigenvalue weighted by Gasteiger charge is -2.27. The Morgan fingerprint density at radius 2 is 1.86 bits per heavy atom. The van der Waals surface area contributed by atoms with Crippen LogP contribution in [-0.2, 0) is 18.4 Å². The van der Waals surface area contributed by atoms with Crippen LogP contribution in [0.5, 0.6) is 0 Å². The summed E-state index contributed by atoms with van der Waals surface area (Å²) in [6.07, 6.45) is 2.44. The molecule has 37 heavy (non-hydrogen) atoms. The number of carbonyl (C=O) groups excluding carboxylic acids is 3. The van der Waals surface area contributed by atoms with Gasteiger partial charge in [0.1, 0.15) is 23.6 Å². The number of anilines is 1. The molecular weight excluding hydrogens is 491 g/mol. The van der Waals surface area contributed by atoms with Gasteiger partial charge in [-0.05, 0) is 67.2 Å². The van der Waals surface area contributed by atoms with Gasteiger partial charge in [-0.15, -0.1) is 0 Å². The number of urea groups is 1. The number of hydrogen-bond donors (Lipinski definition) is 3. The van der Waals surface area contributed by atoms with Gasteiger partial charge in [-0.1, -0.05) is 0 Å². The van der Waals surface area contributed by atoms with Crippen LogP contribution in [0.2, 0.25) is 0 Å². The Balaban J connectivity index is 1.30. The second kappa shape index (κ2) is 9.67. The second-order valence-corrected chi connectivity index (χ2v) is 10.0. The van der Waals surface area contributed by atoms with Gasteiger partial charge in [0.2, 0.25) is 5.91 Å². The topological polar surface area (TPSA) is 121 Å². The number of rotatable bonds is 9. The fourth-order valence-electron chi connectivity index (χ4n) is 5.02. The summed E-state index contributed by atoms with van der Waals surface area (Å²) in [5.41, 5.74) is 0.851. The summed E-state index contributed by atoms with van der Waals surface area (Å²) >= 11 is 0. The monoisotopic (exact) mass is 519 g/mol. The number of alkyl halides is 3. The number of aromatic nitrogens is 3. The molecule has 13 heteroatoms. The van der Waals surface area contributed by atoms with Gasteiger partial charge < -0.3 is 20.9 Å². The van der Waals surface area contributed by atoms with E-state index >= 15 is 0 Å². The molecule has 2 saturated carbocycles. The normalized spacial score (nSPS) is 20.6. The summed E-state index contributed by atoms with van der Waals surface area (Å²) < 4.78 is 40.4. The Morgan fingerprint density at radius 3 is 2.43 bits per heavy atom. The smallest absolute Gasteiger partial charge is 0.339 e. The summed E-state index contributed by atoms with van der Waals surface area (Å²) in [4.78, 5) is 43.7. The van der Waals surface area contributed by atoms with Gasteiger partial charge in [0.15, 0.2) is 0 Å². The van der Waals surface area contributed by atoms with Crippen molar-refractivity contribution < 1.29 is 27.6 Å². The van der Waals surface area contributed by atoms with Crippen LogP contribution in [0.4, 0.5) is 23.8 Å². The van der Waals surface area contributed by atoms with Crippen molar-refractivity contribution in [3.8, 4) is 0 Å². The van der Waals surface area contributed by atoms with E-state index in [1.54, 1.807) is 19.2 Å². The van der Waals surface area contributed by atoms with Crippen LogP contribution in [-0.4, -0.2) is 62.3 Å². The minimum Gasteiger partial charge on any atom is -0.339 e. The summed E-state index contributed by atoms with van der Waals surface area (Å²) in [5.74, 6) is 0.134. The van der Waals surface area contributed by atoms with Gasteiger partial charge in [-0.2, -0.15) is 18.3 Å². The molecule has 4 amide bonds. The number of halogens is 3. The van der Waals surface area contributed by atoms with Crippen LogP contribution in [0, 0.1) is 17.8 Å². The lowest BCUT2D eigenvalue weighted by atomic mass is 9.88. The van der Waals surface area contributed by atoms with E-state index in [-0.39, 0.29) is 18.3 Å². The Hall–Kier alpha value is -3.64. The largest absolute Gasteiger partial charge is 0.410 e. The minimum atomic E-state index is -4.53. The van der Waals surface area contributed by atoms with Crippen molar-refractivity contribution in [3.05, 3.63) is 41.9 Å². The van der Waals surface area contributed by atoms with Crippen LogP contribution in [0.25, 0.3) is 0 Å². The van der Waals surface area contributed by atoms with Crippen molar-refractivity contribution in [2.45, 2.75) is 50.5 Å². The number of nitrogens with one attached hydrogen (secondary N) is 3. The molecular formula is C24H28F3N7O3. The second-order valence-electron chi connectivity index (χ2n) is 10.0. The molecule has 10 nitrogen and oxygen atoms in total. The molecule has 2 aliphatic carbocycles. The van der Waals surface area contributed by atoms with E-state index in [0.717, 1.165) is 30.6 Å². The van der Waals surface area contributed by atoms with E-state index < -0.39 is 42.7 Å². The third kappa shape index (κ3) is 5.70. The SMILES string of the molecule is Cn1nccc1C(=O)N[C@H](C(=O)Nc1cc(CN2C[C@@H](C(F)(F)F)NC2=O)ccn1)C(C1CC1)C1CC1. The Kier molecular flexibility index (Phi) is 6.54. The molecule has 0 radical (unpaired) electrons. The van der Waals surface area contributed by atoms with Crippen molar-refractivity contribution in [1.29, 1.82) is 0 Å². The molecule has 198 valence electrons. The molecule has 0 bridgehead atoms. The molecule has 2 atom stereocenters. The molecule has 5 rings (SSSR count). The van der Waals surface area contributed by atoms with E-state index in [1.807, 2.05) is 5.32 Å². The molecule has 3 N–H and O–H groups in total. The maximum Gasteiger partial charge on any atom is 0.410 e.